The first-order chi connectivity index (χ1) is 19.1. The van der Waals surface area contributed by atoms with Crippen molar-refractivity contribution in [3.63, 3.8) is 0 Å². The minimum atomic E-state index is 0.959. The lowest BCUT2D eigenvalue weighted by Crippen LogP contribution is -1.97. The van der Waals surface area contributed by atoms with E-state index in [0.29, 0.717) is 0 Å². The summed E-state index contributed by atoms with van der Waals surface area (Å²) in [6.07, 6.45) is 9.37. The Morgan fingerprint density at radius 1 is 0.436 bits per heavy atom. The molecule has 3 aromatic heterocycles. The fourth-order valence-electron chi connectivity index (χ4n) is 5.32. The molecule has 0 bridgehead atoms. The molecule has 0 amide bonds. The zero-order valence-corrected chi connectivity index (χ0v) is 22.4. The van der Waals surface area contributed by atoms with Crippen LogP contribution in [0.4, 0.5) is 0 Å². The van der Waals surface area contributed by atoms with Crippen LogP contribution in [0.2, 0.25) is 0 Å². The third kappa shape index (κ3) is 4.87. The Morgan fingerprint density at radius 3 is 1.74 bits per heavy atom. The second-order valence-corrected chi connectivity index (χ2v) is 10.0. The summed E-state index contributed by atoms with van der Waals surface area (Å²) in [5.41, 5.74) is 15.0. The molecule has 3 nitrogen and oxygen atoms in total. The lowest BCUT2D eigenvalue weighted by molar-refractivity contribution is 1.31. The predicted molar refractivity (Wildman–Crippen MR) is 161 cm³/mol. The minimum absolute atomic E-state index is 0.959. The highest BCUT2D eigenvalue weighted by atomic mass is 14.7. The third-order valence-corrected chi connectivity index (χ3v) is 7.10. The summed E-state index contributed by atoms with van der Waals surface area (Å²) in [6.45, 7) is 6.48. The van der Waals surface area contributed by atoms with Crippen LogP contribution in [0.25, 0.3) is 55.8 Å². The zero-order valence-electron chi connectivity index (χ0n) is 22.4. The highest BCUT2D eigenvalue weighted by molar-refractivity contribution is 6.01. The molecule has 6 rings (SSSR count). The van der Waals surface area contributed by atoms with Crippen LogP contribution in [0, 0.1) is 20.8 Å². The molecule has 0 unspecified atom stereocenters. The first kappa shape index (κ1) is 24.4. The van der Waals surface area contributed by atoms with Crippen LogP contribution in [-0.2, 0) is 0 Å². The lowest BCUT2D eigenvalue weighted by Gasteiger charge is -2.21. The molecule has 0 saturated carbocycles. The molecule has 0 fully saturated rings. The van der Waals surface area contributed by atoms with E-state index in [4.69, 9.17) is 4.98 Å². The van der Waals surface area contributed by atoms with E-state index >= 15 is 0 Å². The minimum Gasteiger partial charge on any atom is -0.265 e. The maximum absolute atomic E-state index is 4.72. The Balaban J connectivity index is 1.72. The van der Waals surface area contributed by atoms with Crippen LogP contribution < -0.4 is 0 Å². The highest BCUT2D eigenvalue weighted by Crippen LogP contribution is 2.46. The summed E-state index contributed by atoms with van der Waals surface area (Å²) in [6, 6.07) is 32.3. The second-order valence-electron chi connectivity index (χ2n) is 10.0. The van der Waals surface area contributed by atoms with E-state index in [-0.39, 0.29) is 0 Å². The van der Waals surface area contributed by atoms with Crippen molar-refractivity contribution in [2.24, 2.45) is 0 Å². The van der Waals surface area contributed by atoms with Crippen molar-refractivity contribution in [1.29, 1.82) is 0 Å². The van der Waals surface area contributed by atoms with E-state index < -0.39 is 0 Å². The molecule has 0 aliphatic heterocycles. The summed E-state index contributed by atoms with van der Waals surface area (Å²) in [4.78, 5) is 13.5. The smallest absolute Gasteiger partial charge is 0.0708 e. The van der Waals surface area contributed by atoms with Crippen molar-refractivity contribution in [3.05, 3.63) is 139 Å². The number of hydrogen-bond acceptors (Lipinski definition) is 3. The van der Waals surface area contributed by atoms with E-state index in [2.05, 4.69) is 104 Å². The maximum Gasteiger partial charge on any atom is 0.0708 e. The van der Waals surface area contributed by atoms with E-state index in [9.17, 15) is 0 Å². The predicted octanol–water partition coefficient (Wildman–Crippen LogP) is 9.13. The van der Waals surface area contributed by atoms with Gasteiger partial charge in [0.25, 0.3) is 0 Å². The number of hydrogen-bond donors (Lipinski definition) is 0. The molecule has 0 atom stereocenters. The number of nitrogens with zero attached hydrogens (tertiary/aromatic N) is 3. The first-order valence-electron chi connectivity index (χ1n) is 13.2. The number of aryl methyl sites for hydroxylation is 3. The monoisotopic (exact) mass is 503 g/mol. The maximum atomic E-state index is 4.72. The Labute approximate surface area is 229 Å². The molecule has 3 heteroatoms. The quantitative estimate of drug-likeness (QED) is 0.235. The van der Waals surface area contributed by atoms with Gasteiger partial charge in [-0.05, 0) is 95.6 Å². The van der Waals surface area contributed by atoms with Crippen molar-refractivity contribution in [1.82, 2.24) is 15.0 Å². The lowest BCUT2D eigenvalue weighted by atomic mass is 9.82. The summed E-state index contributed by atoms with van der Waals surface area (Å²) in [7, 11) is 0. The van der Waals surface area contributed by atoms with Gasteiger partial charge in [-0.25, -0.2) is 0 Å². The Hall–Kier alpha value is -4.89. The van der Waals surface area contributed by atoms with E-state index in [1.54, 1.807) is 0 Å². The molecule has 0 radical (unpaired) electrons. The van der Waals surface area contributed by atoms with Crippen LogP contribution in [0.3, 0.4) is 0 Å². The van der Waals surface area contributed by atoms with Crippen LogP contribution in [0.1, 0.15) is 16.7 Å². The van der Waals surface area contributed by atoms with Crippen LogP contribution in [0.5, 0.6) is 0 Å². The normalized spacial score (nSPS) is 10.9. The molecule has 0 aliphatic carbocycles. The van der Waals surface area contributed by atoms with Gasteiger partial charge in [-0.1, -0.05) is 71.8 Å². The van der Waals surface area contributed by atoms with Gasteiger partial charge >= 0.3 is 0 Å². The molecule has 0 saturated heterocycles. The molecule has 188 valence electrons. The van der Waals surface area contributed by atoms with Crippen molar-refractivity contribution >= 4 is 0 Å². The van der Waals surface area contributed by atoms with Gasteiger partial charge < -0.3 is 0 Å². The van der Waals surface area contributed by atoms with Crippen molar-refractivity contribution in [2.45, 2.75) is 20.8 Å². The molecule has 3 aromatic carbocycles. The summed E-state index contributed by atoms with van der Waals surface area (Å²) in [5.74, 6) is 0. The van der Waals surface area contributed by atoms with Crippen molar-refractivity contribution < 1.29 is 0 Å². The van der Waals surface area contributed by atoms with Gasteiger partial charge in [0.1, 0.15) is 0 Å². The van der Waals surface area contributed by atoms with Gasteiger partial charge in [-0.3, -0.25) is 15.0 Å². The molecular weight excluding hydrogens is 474 g/mol. The van der Waals surface area contributed by atoms with Gasteiger partial charge in [-0.2, -0.15) is 0 Å². The van der Waals surface area contributed by atoms with E-state index in [1.165, 1.54) is 38.9 Å². The van der Waals surface area contributed by atoms with Crippen molar-refractivity contribution in [2.75, 3.05) is 0 Å². The summed E-state index contributed by atoms with van der Waals surface area (Å²) < 4.78 is 0. The second kappa shape index (κ2) is 10.5. The average Bonchev–Trinajstić information content (AvgIpc) is 2.98. The van der Waals surface area contributed by atoms with Gasteiger partial charge in [0.2, 0.25) is 0 Å². The van der Waals surface area contributed by atoms with Crippen molar-refractivity contribution in [3.8, 4) is 55.8 Å². The van der Waals surface area contributed by atoms with Crippen LogP contribution in [-0.4, -0.2) is 15.0 Å². The van der Waals surface area contributed by atoms with Crippen LogP contribution >= 0.6 is 0 Å². The van der Waals surface area contributed by atoms with Gasteiger partial charge in [0, 0.05) is 42.1 Å². The highest BCUT2D eigenvalue weighted by Gasteiger charge is 2.21. The molecule has 0 N–H and O–H groups in total. The summed E-state index contributed by atoms with van der Waals surface area (Å²) in [5, 5.41) is 0. The molecule has 0 aliphatic rings. The van der Waals surface area contributed by atoms with E-state index in [0.717, 1.165) is 33.5 Å². The Morgan fingerprint density at radius 2 is 1.10 bits per heavy atom. The molecule has 3 heterocycles. The Kier molecular flexibility index (Phi) is 6.56. The molecule has 6 aromatic rings. The molecule has 39 heavy (non-hydrogen) atoms. The molecule has 0 spiro atoms. The van der Waals surface area contributed by atoms with Gasteiger partial charge in [0.15, 0.2) is 0 Å². The Bertz CT molecular complexity index is 1650. The number of aromatic nitrogens is 3. The first-order valence-corrected chi connectivity index (χ1v) is 13.2. The summed E-state index contributed by atoms with van der Waals surface area (Å²) >= 11 is 0. The molecular formula is C36H29N3. The third-order valence-electron chi connectivity index (χ3n) is 7.10. The SMILES string of the molecule is Cc1ccc(-c2ccncc2)c(-c2cc(C)cc(-c3cc(C)ccc3-c3ccccn3)c2-c2cccnc2)c1. The topological polar surface area (TPSA) is 38.7 Å². The fourth-order valence-corrected chi connectivity index (χ4v) is 5.32. The zero-order chi connectivity index (χ0) is 26.8. The van der Waals surface area contributed by atoms with E-state index in [1.807, 2.05) is 49.2 Å². The number of benzene rings is 3. The number of pyridine rings is 3. The van der Waals surface area contributed by atoms with Gasteiger partial charge in [-0.15, -0.1) is 0 Å². The number of rotatable bonds is 5. The van der Waals surface area contributed by atoms with Gasteiger partial charge in [0.05, 0.1) is 5.69 Å². The largest absolute Gasteiger partial charge is 0.265 e. The average molecular weight is 504 g/mol. The standard InChI is InChI=1S/C36H29N3/c1-24-9-11-29(27-13-17-37-18-14-27)31(19-24)33-21-26(3)22-34(36(33)28-7-6-15-38-23-28)32-20-25(2)10-12-30(32)35-8-4-5-16-39-35/h4-23H,1-3H3. The van der Waals surface area contributed by atoms with Crippen LogP contribution in [0.15, 0.2) is 122 Å². The fraction of sp³-hybridized carbons (Fsp3) is 0.0833.